The molecule has 0 bridgehead atoms. The third-order valence-corrected chi connectivity index (χ3v) is 1.63. The largest absolute Gasteiger partial charge is 0.432 e. The number of ether oxygens (including phenoxy) is 1. The molecule has 0 aliphatic heterocycles. The molecular weight excluding hydrogens is 188 g/mol. The second kappa shape index (κ2) is 6.38. The fourth-order valence-electron chi connectivity index (χ4n) is 0.986. The molecule has 0 spiro atoms. The number of carbonyl (C=O) groups is 1. The number of benzene rings is 1. The number of hydrogen-bond donors (Lipinski definition) is 0. The van der Waals surface area contributed by atoms with Gasteiger partial charge in [-0.25, -0.2) is 4.79 Å². The molecule has 0 aliphatic carbocycles. The van der Waals surface area contributed by atoms with Gasteiger partial charge >= 0.3 is 5.97 Å². The van der Waals surface area contributed by atoms with Crippen molar-refractivity contribution in [2.24, 2.45) is 0 Å². The Morgan fingerprint density at radius 2 is 1.93 bits per heavy atom. The van der Waals surface area contributed by atoms with E-state index in [-0.39, 0.29) is 0 Å². The molecule has 0 aromatic heterocycles. The smallest absolute Gasteiger partial charge is 0.335 e. The predicted molar refractivity (Wildman–Crippen MR) is 60.9 cm³/mol. The first-order chi connectivity index (χ1) is 7.33. The van der Waals surface area contributed by atoms with Crippen LogP contribution in [-0.2, 0) is 9.53 Å². The molecule has 0 radical (unpaired) electrons. The lowest BCUT2D eigenvalue weighted by Crippen LogP contribution is -1.91. The average molecular weight is 200 g/mol. The van der Waals surface area contributed by atoms with Crippen LogP contribution in [0, 0.1) is 0 Å². The first-order valence-corrected chi connectivity index (χ1v) is 4.54. The van der Waals surface area contributed by atoms with Gasteiger partial charge in [0.2, 0.25) is 0 Å². The summed E-state index contributed by atoms with van der Waals surface area (Å²) in [5, 5.41) is 0. The highest BCUT2D eigenvalue weighted by molar-refractivity contribution is 5.82. The summed E-state index contributed by atoms with van der Waals surface area (Å²) in [6.07, 6.45) is 7.74. The normalized spacial score (nSPS) is 10.7. The van der Waals surface area contributed by atoms with Crippen LogP contribution in [0.3, 0.4) is 0 Å². The van der Waals surface area contributed by atoms with E-state index in [0.29, 0.717) is 0 Å². The van der Waals surface area contributed by atoms with Crippen molar-refractivity contribution in [1.29, 1.82) is 0 Å². The van der Waals surface area contributed by atoms with E-state index in [0.717, 1.165) is 11.8 Å². The van der Waals surface area contributed by atoms with Crippen molar-refractivity contribution in [3.63, 3.8) is 0 Å². The highest BCUT2D eigenvalue weighted by atomic mass is 16.5. The molecule has 0 fully saturated rings. The van der Waals surface area contributed by atoms with Gasteiger partial charge in [-0.15, -0.1) is 0 Å². The zero-order chi connectivity index (χ0) is 10.9. The van der Waals surface area contributed by atoms with Gasteiger partial charge in [0.1, 0.15) is 0 Å². The average Bonchev–Trinajstić information content (AvgIpc) is 2.26. The fourth-order valence-corrected chi connectivity index (χ4v) is 0.986. The minimum atomic E-state index is -0.428. The van der Waals surface area contributed by atoms with E-state index in [4.69, 9.17) is 0 Å². The molecular formula is C13H12O2. The van der Waals surface area contributed by atoms with Crippen molar-refractivity contribution in [2.45, 2.75) is 0 Å². The number of carbonyl (C=O) groups excluding carboxylic acids is 1. The summed E-state index contributed by atoms with van der Waals surface area (Å²) in [5.41, 5.74) is 1.08. The molecule has 1 aromatic carbocycles. The third-order valence-electron chi connectivity index (χ3n) is 1.63. The monoisotopic (exact) mass is 200 g/mol. The Morgan fingerprint density at radius 1 is 1.20 bits per heavy atom. The van der Waals surface area contributed by atoms with Crippen molar-refractivity contribution in [1.82, 2.24) is 0 Å². The van der Waals surface area contributed by atoms with Gasteiger partial charge in [0.15, 0.2) is 0 Å². The minimum Gasteiger partial charge on any atom is -0.432 e. The first kappa shape index (κ1) is 11.0. The molecule has 2 nitrogen and oxygen atoms in total. The summed E-state index contributed by atoms with van der Waals surface area (Å²) < 4.78 is 4.50. The maximum absolute atomic E-state index is 10.8. The fraction of sp³-hybridized carbons (Fsp3) is 0. The molecule has 0 atom stereocenters. The number of allylic oxidation sites excluding steroid dienone is 2. The molecule has 2 heteroatoms. The number of rotatable bonds is 4. The van der Waals surface area contributed by atoms with Gasteiger partial charge in [-0.1, -0.05) is 55.1 Å². The first-order valence-electron chi connectivity index (χ1n) is 4.54. The van der Waals surface area contributed by atoms with Crippen LogP contribution in [0.25, 0.3) is 6.08 Å². The minimum absolute atomic E-state index is 0.428. The second-order valence-corrected chi connectivity index (χ2v) is 2.73. The van der Waals surface area contributed by atoms with Gasteiger partial charge in [0, 0.05) is 6.08 Å². The van der Waals surface area contributed by atoms with Crippen LogP contribution in [-0.4, -0.2) is 5.97 Å². The molecule has 1 rings (SSSR count). The van der Waals surface area contributed by atoms with E-state index in [1.165, 1.54) is 6.08 Å². The highest BCUT2D eigenvalue weighted by Crippen LogP contribution is 2.00. The Hall–Kier alpha value is -2.09. The Morgan fingerprint density at radius 3 is 2.60 bits per heavy atom. The lowest BCUT2D eigenvalue weighted by atomic mass is 10.2. The standard InChI is InChI=1S/C13H12O2/c1-2-15-13(14)11-7-6-10-12-8-4-3-5-9-12/h2-11H,1H2/b10-6+,11-7?. The zero-order valence-electron chi connectivity index (χ0n) is 8.30. The lowest BCUT2D eigenvalue weighted by Gasteiger charge is -1.89. The Kier molecular flexibility index (Phi) is 4.67. The maximum atomic E-state index is 10.8. The molecule has 76 valence electrons. The van der Waals surface area contributed by atoms with Crippen molar-refractivity contribution >= 4 is 12.0 Å². The topological polar surface area (TPSA) is 26.3 Å². The molecule has 0 saturated carbocycles. The molecule has 0 unspecified atom stereocenters. The van der Waals surface area contributed by atoms with Crippen LogP contribution in [0.1, 0.15) is 5.56 Å². The Bertz CT molecular complexity index is 375. The molecule has 0 N–H and O–H groups in total. The van der Waals surface area contributed by atoms with E-state index in [2.05, 4.69) is 11.3 Å². The highest BCUT2D eigenvalue weighted by Gasteiger charge is 1.88. The van der Waals surface area contributed by atoms with Crippen LogP contribution in [0.2, 0.25) is 0 Å². The van der Waals surface area contributed by atoms with E-state index >= 15 is 0 Å². The molecule has 1 aromatic rings. The van der Waals surface area contributed by atoms with E-state index in [1.807, 2.05) is 36.4 Å². The molecule has 0 saturated heterocycles. The summed E-state index contributed by atoms with van der Waals surface area (Å²) in [6.45, 7) is 3.28. The number of esters is 1. The Balaban J connectivity index is 2.46. The predicted octanol–water partition coefficient (Wildman–Crippen LogP) is 2.94. The van der Waals surface area contributed by atoms with Crippen LogP contribution in [0.4, 0.5) is 0 Å². The molecule has 0 amide bonds. The maximum Gasteiger partial charge on any atom is 0.335 e. The van der Waals surface area contributed by atoms with Crippen molar-refractivity contribution in [2.75, 3.05) is 0 Å². The summed E-state index contributed by atoms with van der Waals surface area (Å²) in [4.78, 5) is 10.8. The third kappa shape index (κ3) is 4.62. The molecule has 15 heavy (non-hydrogen) atoms. The van der Waals surface area contributed by atoms with Gasteiger partial charge in [0.05, 0.1) is 6.26 Å². The summed E-state index contributed by atoms with van der Waals surface area (Å²) in [7, 11) is 0. The van der Waals surface area contributed by atoms with Crippen LogP contribution in [0.5, 0.6) is 0 Å². The van der Waals surface area contributed by atoms with Crippen molar-refractivity contribution < 1.29 is 9.53 Å². The summed E-state index contributed by atoms with van der Waals surface area (Å²) in [5.74, 6) is -0.428. The van der Waals surface area contributed by atoms with Crippen molar-refractivity contribution in [3.05, 3.63) is 67.0 Å². The number of hydrogen-bond acceptors (Lipinski definition) is 2. The van der Waals surface area contributed by atoms with Crippen molar-refractivity contribution in [3.8, 4) is 0 Å². The molecule has 0 heterocycles. The molecule has 0 aliphatic rings. The van der Waals surface area contributed by atoms with Crippen LogP contribution < -0.4 is 0 Å². The summed E-state index contributed by atoms with van der Waals surface area (Å²) in [6, 6.07) is 9.82. The van der Waals surface area contributed by atoms with Gasteiger partial charge in [-0.05, 0) is 5.56 Å². The second-order valence-electron chi connectivity index (χ2n) is 2.73. The Labute approximate surface area is 89.2 Å². The van der Waals surface area contributed by atoms with E-state index in [1.54, 1.807) is 12.2 Å². The van der Waals surface area contributed by atoms with Gasteiger partial charge in [-0.2, -0.15) is 0 Å². The van der Waals surface area contributed by atoms with Gasteiger partial charge < -0.3 is 4.74 Å². The lowest BCUT2D eigenvalue weighted by molar-refractivity contribution is -0.132. The van der Waals surface area contributed by atoms with Gasteiger partial charge in [-0.3, -0.25) is 0 Å². The zero-order valence-corrected chi connectivity index (χ0v) is 8.30. The summed E-state index contributed by atoms with van der Waals surface area (Å²) >= 11 is 0. The SMILES string of the molecule is C=COC(=O)C=C/C=C/c1ccccc1. The van der Waals surface area contributed by atoms with Crippen LogP contribution >= 0.6 is 0 Å². The van der Waals surface area contributed by atoms with E-state index in [9.17, 15) is 4.79 Å². The quantitative estimate of drug-likeness (QED) is 0.323. The van der Waals surface area contributed by atoms with Gasteiger partial charge in [0.25, 0.3) is 0 Å². The van der Waals surface area contributed by atoms with E-state index < -0.39 is 5.97 Å². The van der Waals surface area contributed by atoms with Crippen LogP contribution in [0.15, 0.2) is 61.4 Å².